The summed E-state index contributed by atoms with van der Waals surface area (Å²) in [5.41, 5.74) is 5.36. The third-order valence-electron chi connectivity index (χ3n) is 4.41. The highest BCUT2D eigenvalue weighted by molar-refractivity contribution is 5.84. The number of hydrogen-bond acceptors (Lipinski definition) is 4. The third-order valence-corrected chi connectivity index (χ3v) is 4.41. The minimum Gasteiger partial charge on any atom is -0.484 e. The molecular formula is C21H24FN5O2. The van der Waals surface area contributed by atoms with Gasteiger partial charge in [0.2, 0.25) is 0 Å². The molecule has 2 aromatic heterocycles. The molecule has 3 aromatic rings. The van der Waals surface area contributed by atoms with Gasteiger partial charge in [0.25, 0.3) is 5.91 Å². The average Bonchev–Trinajstić information content (AvgIpc) is 3.26. The zero-order valence-electron chi connectivity index (χ0n) is 16.9. The second-order valence-electron chi connectivity index (χ2n) is 6.93. The van der Waals surface area contributed by atoms with Crippen molar-refractivity contribution in [2.24, 2.45) is 5.10 Å². The molecule has 0 aliphatic heterocycles. The fraction of sp³-hybridized carbons (Fsp3) is 0.286. The first-order chi connectivity index (χ1) is 13.9. The van der Waals surface area contributed by atoms with E-state index in [0.29, 0.717) is 5.75 Å². The van der Waals surface area contributed by atoms with Crippen LogP contribution in [0.3, 0.4) is 0 Å². The van der Waals surface area contributed by atoms with E-state index in [2.05, 4.69) is 34.0 Å². The van der Waals surface area contributed by atoms with Crippen molar-refractivity contribution in [2.75, 3.05) is 6.61 Å². The number of aryl methyl sites for hydroxylation is 1. The van der Waals surface area contributed by atoms with Crippen LogP contribution in [0.5, 0.6) is 5.75 Å². The standard InChI is InChI=1S/C21H24FN5O2/c1-14(2)27-21(9-10-24-27)26-15(3)11-17(16(26)4)12-23-25-20(28)13-29-19-7-5-18(22)6-8-19/h5-12,14H,13H2,1-4H3,(H,25,28)/b23-12-. The summed E-state index contributed by atoms with van der Waals surface area (Å²) in [5, 5.41) is 8.41. The zero-order valence-corrected chi connectivity index (χ0v) is 16.9. The van der Waals surface area contributed by atoms with E-state index in [4.69, 9.17) is 4.74 Å². The van der Waals surface area contributed by atoms with Crippen molar-refractivity contribution >= 4 is 12.1 Å². The molecule has 0 saturated carbocycles. The maximum Gasteiger partial charge on any atom is 0.277 e. The minimum atomic E-state index is -0.405. The molecular weight excluding hydrogens is 373 g/mol. The van der Waals surface area contributed by atoms with Gasteiger partial charge < -0.3 is 9.30 Å². The fourth-order valence-corrected chi connectivity index (χ4v) is 3.04. The monoisotopic (exact) mass is 397 g/mol. The van der Waals surface area contributed by atoms with Crippen molar-refractivity contribution < 1.29 is 13.9 Å². The van der Waals surface area contributed by atoms with Crippen molar-refractivity contribution in [1.29, 1.82) is 0 Å². The van der Waals surface area contributed by atoms with E-state index >= 15 is 0 Å². The van der Waals surface area contributed by atoms with Crippen molar-refractivity contribution in [1.82, 2.24) is 19.8 Å². The Morgan fingerprint density at radius 3 is 2.69 bits per heavy atom. The summed E-state index contributed by atoms with van der Waals surface area (Å²) < 4.78 is 22.2. The van der Waals surface area contributed by atoms with Gasteiger partial charge in [0.15, 0.2) is 6.61 Å². The van der Waals surface area contributed by atoms with Gasteiger partial charge in [-0.05, 0) is 58.0 Å². The molecule has 2 heterocycles. The van der Waals surface area contributed by atoms with Crippen LogP contribution in [0.25, 0.3) is 5.82 Å². The lowest BCUT2D eigenvalue weighted by molar-refractivity contribution is -0.123. The number of hydrogen-bond donors (Lipinski definition) is 1. The Morgan fingerprint density at radius 1 is 1.28 bits per heavy atom. The Kier molecular flexibility index (Phi) is 6.11. The number of rotatable bonds is 7. The molecule has 0 fully saturated rings. The van der Waals surface area contributed by atoms with Crippen LogP contribution in [0.2, 0.25) is 0 Å². The third kappa shape index (κ3) is 4.71. The number of halogens is 1. The predicted octanol–water partition coefficient (Wildman–Crippen LogP) is 3.54. The number of aromatic nitrogens is 3. The summed E-state index contributed by atoms with van der Waals surface area (Å²) in [7, 11) is 0. The highest BCUT2D eigenvalue weighted by Crippen LogP contribution is 2.21. The first-order valence-electron chi connectivity index (χ1n) is 9.30. The average molecular weight is 397 g/mol. The first kappa shape index (κ1) is 20.3. The van der Waals surface area contributed by atoms with E-state index in [1.165, 1.54) is 24.3 Å². The van der Waals surface area contributed by atoms with Crippen LogP contribution < -0.4 is 10.2 Å². The molecule has 0 aliphatic carbocycles. The molecule has 3 rings (SSSR count). The molecule has 0 atom stereocenters. The van der Waals surface area contributed by atoms with Gasteiger partial charge in [-0.3, -0.25) is 4.79 Å². The molecule has 0 unspecified atom stereocenters. The van der Waals surface area contributed by atoms with Gasteiger partial charge in [-0.15, -0.1) is 0 Å². The SMILES string of the molecule is Cc1cc(/C=N\NC(=O)COc2ccc(F)cc2)c(C)n1-c1ccnn1C(C)C. The Morgan fingerprint density at radius 2 is 2.00 bits per heavy atom. The molecule has 152 valence electrons. The molecule has 1 amide bonds. The van der Waals surface area contributed by atoms with Gasteiger partial charge in [-0.1, -0.05) is 0 Å². The molecule has 0 aliphatic rings. The fourth-order valence-electron chi connectivity index (χ4n) is 3.04. The van der Waals surface area contributed by atoms with E-state index in [9.17, 15) is 9.18 Å². The van der Waals surface area contributed by atoms with Crippen LogP contribution in [-0.2, 0) is 4.79 Å². The number of benzene rings is 1. The van der Waals surface area contributed by atoms with Crippen molar-refractivity contribution in [2.45, 2.75) is 33.7 Å². The molecule has 1 N–H and O–H groups in total. The van der Waals surface area contributed by atoms with Gasteiger partial charge in [0.1, 0.15) is 17.4 Å². The molecule has 0 spiro atoms. The second kappa shape index (κ2) is 8.72. The second-order valence-corrected chi connectivity index (χ2v) is 6.93. The van der Waals surface area contributed by atoms with Crippen molar-refractivity contribution in [3.05, 3.63) is 65.4 Å². The minimum absolute atomic E-state index is 0.213. The normalized spacial score (nSPS) is 11.4. The van der Waals surface area contributed by atoms with E-state index < -0.39 is 5.91 Å². The van der Waals surface area contributed by atoms with Gasteiger partial charge in [-0.25, -0.2) is 14.5 Å². The van der Waals surface area contributed by atoms with Crippen LogP contribution in [0.4, 0.5) is 4.39 Å². The molecule has 0 saturated heterocycles. The predicted molar refractivity (Wildman–Crippen MR) is 109 cm³/mol. The first-order valence-corrected chi connectivity index (χ1v) is 9.30. The van der Waals surface area contributed by atoms with E-state index in [0.717, 1.165) is 22.8 Å². The van der Waals surface area contributed by atoms with Crippen molar-refractivity contribution in [3.63, 3.8) is 0 Å². The topological polar surface area (TPSA) is 73.4 Å². The number of carbonyl (C=O) groups is 1. The van der Waals surface area contributed by atoms with E-state index in [1.54, 1.807) is 12.4 Å². The van der Waals surface area contributed by atoms with Gasteiger partial charge >= 0.3 is 0 Å². The highest BCUT2D eigenvalue weighted by Gasteiger charge is 2.14. The molecule has 7 nitrogen and oxygen atoms in total. The number of nitrogens with zero attached hydrogens (tertiary/aromatic N) is 4. The Labute approximate surface area is 168 Å². The number of carbonyl (C=O) groups excluding carboxylic acids is 1. The van der Waals surface area contributed by atoms with Crippen molar-refractivity contribution in [3.8, 4) is 11.6 Å². The Hall–Kier alpha value is -3.42. The molecule has 8 heteroatoms. The zero-order chi connectivity index (χ0) is 21.0. The van der Waals surface area contributed by atoms with Gasteiger partial charge in [-0.2, -0.15) is 10.2 Å². The summed E-state index contributed by atoms with van der Waals surface area (Å²) in [4.78, 5) is 11.9. The van der Waals surface area contributed by atoms with Gasteiger partial charge in [0.05, 0.1) is 12.4 Å². The summed E-state index contributed by atoms with van der Waals surface area (Å²) in [6, 6.07) is 9.66. The molecule has 29 heavy (non-hydrogen) atoms. The quantitative estimate of drug-likeness (QED) is 0.490. The van der Waals surface area contributed by atoms with Crippen LogP contribution in [-0.4, -0.2) is 33.1 Å². The lowest BCUT2D eigenvalue weighted by Crippen LogP contribution is -2.24. The largest absolute Gasteiger partial charge is 0.484 e. The van der Waals surface area contributed by atoms with Crippen LogP contribution in [0.15, 0.2) is 47.7 Å². The maximum absolute atomic E-state index is 12.9. The highest BCUT2D eigenvalue weighted by atomic mass is 19.1. The summed E-state index contributed by atoms with van der Waals surface area (Å²) in [6.07, 6.45) is 3.38. The number of hydrazone groups is 1. The maximum atomic E-state index is 12.9. The number of amides is 1. The van der Waals surface area contributed by atoms with Crippen LogP contribution >= 0.6 is 0 Å². The number of ether oxygens (including phenoxy) is 1. The lowest BCUT2D eigenvalue weighted by atomic mass is 10.3. The van der Waals surface area contributed by atoms with E-state index in [1.807, 2.05) is 30.7 Å². The van der Waals surface area contributed by atoms with Crippen LogP contribution in [0, 0.1) is 19.7 Å². The Bertz CT molecular complexity index is 1020. The molecule has 0 bridgehead atoms. The molecule has 0 radical (unpaired) electrons. The van der Waals surface area contributed by atoms with E-state index in [-0.39, 0.29) is 18.5 Å². The number of nitrogens with one attached hydrogen (secondary N) is 1. The summed E-state index contributed by atoms with van der Waals surface area (Å²) in [5.74, 6) is 0.625. The summed E-state index contributed by atoms with van der Waals surface area (Å²) >= 11 is 0. The molecule has 1 aromatic carbocycles. The lowest BCUT2D eigenvalue weighted by Gasteiger charge is -2.14. The summed E-state index contributed by atoms with van der Waals surface area (Å²) in [6.45, 7) is 7.95. The smallest absolute Gasteiger partial charge is 0.277 e. The Balaban J connectivity index is 1.64. The van der Waals surface area contributed by atoms with Gasteiger partial charge in [0, 0.05) is 29.1 Å². The van der Waals surface area contributed by atoms with Crippen LogP contribution in [0.1, 0.15) is 36.8 Å².